The molecule has 0 unspecified atom stereocenters. The van der Waals surface area contributed by atoms with Crippen LogP contribution in [0.1, 0.15) is 18.1 Å². The van der Waals surface area contributed by atoms with Gasteiger partial charge in [0.25, 0.3) is 0 Å². The van der Waals surface area contributed by atoms with Crippen LogP contribution in [0.4, 0.5) is 4.79 Å². The summed E-state index contributed by atoms with van der Waals surface area (Å²) in [5.41, 5.74) is 2.44. The first-order chi connectivity index (χ1) is 13.0. The van der Waals surface area contributed by atoms with Crippen molar-refractivity contribution in [2.24, 2.45) is 0 Å². The van der Waals surface area contributed by atoms with Gasteiger partial charge in [0.1, 0.15) is 12.4 Å². The Morgan fingerprint density at radius 3 is 2.56 bits per heavy atom. The van der Waals surface area contributed by atoms with E-state index in [4.69, 9.17) is 14.2 Å². The molecule has 0 saturated carbocycles. The zero-order valence-electron chi connectivity index (χ0n) is 16.6. The highest BCUT2D eigenvalue weighted by Crippen LogP contribution is 2.16. The van der Waals surface area contributed by atoms with E-state index in [-0.39, 0.29) is 12.7 Å². The van der Waals surface area contributed by atoms with Gasteiger partial charge in [-0.1, -0.05) is 6.07 Å². The van der Waals surface area contributed by atoms with Crippen LogP contribution in [-0.2, 0) is 9.47 Å². The molecule has 0 bridgehead atoms. The van der Waals surface area contributed by atoms with Gasteiger partial charge in [0.15, 0.2) is 0 Å². The topological polar surface area (TPSA) is 71.5 Å². The highest BCUT2D eigenvalue weighted by Gasteiger charge is 2.23. The molecule has 0 radical (unpaired) electrons. The van der Waals surface area contributed by atoms with Crippen molar-refractivity contribution in [1.29, 1.82) is 0 Å². The molecule has 0 aliphatic carbocycles. The Kier molecular flexibility index (Phi) is 8.84. The van der Waals surface area contributed by atoms with E-state index < -0.39 is 6.10 Å². The fourth-order valence-electron chi connectivity index (χ4n) is 2.92. The molecule has 1 aromatic rings. The Bertz CT molecular complexity index is 588. The van der Waals surface area contributed by atoms with Crippen molar-refractivity contribution < 1.29 is 24.1 Å². The highest BCUT2D eigenvalue weighted by molar-refractivity contribution is 5.67. The fourth-order valence-corrected chi connectivity index (χ4v) is 2.92. The summed E-state index contributed by atoms with van der Waals surface area (Å²) < 4.78 is 16.2. The molecular weight excluding hydrogens is 348 g/mol. The van der Waals surface area contributed by atoms with Crippen LogP contribution in [0.2, 0.25) is 0 Å². The number of amides is 1. The molecule has 152 valence electrons. The minimum atomic E-state index is -0.555. The minimum absolute atomic E-state index is 0.259. The quantitative estimate of drug-likeness (QED) is 0.659. The number of piperazine rings is 1. The first-order valence-corrected chi connectivity index (χ1v) is 9.59. The van der Waals surface area contributed by atoms with Gasteiger partial charge in [-0.2, -0.15) is 0 Å². The van der Waals surface area contributed by atoms with E-state index in [1.807, 2.05) is 18.2 Å². The van der Waals surface area contributed by atoms with Gasteiger partial charge < -0.3 is 24.2 Å². The molecule has 1 aliphatic heterocycles. The molecule has 27 heavy (non-hydrogen) atoms. The molecule has 0 aromatic heterocycles. The molecule has 1 amide bonds. The van der Waals surface area contributed by atoms with Crippen molar-refractivity contribution in [3.05, 3.63) is 29.3 Å². The maximum Gasteiger partial charge on any atom is 0.409 e. The molecule has 2 rings (SSSR count). The van der Waals surface area contributed by atoms with Gasteiger partial charge in [0, 0.05) is 32.7 Å². The molecule has 1 aromatic carbocycles. The van der Waals surface area contributed by atoms with Crippen molar-refractivity contribution in [1.82, 2.24) is 9.80 Å². The number of benzene rings is 1. The van der Waals surface area contributed by atoms with Gasteiger partial charge in [0.05, 0.1) is 25.9 Å². The van der Waals surface area contributed by atoms with Crippen molar-refractivity contribution in [2.45, 2.75) is 26.9 Å². The number of β-amino-alcohol motifs (C(OH)–C–C–N with tert-alkyl or cyclic N) is 1. The van der Waals surface area contributed by atoms with Gasteiger partial charge in [-0.25, -0.2) is 4.79 Å². The van der Waals surface area contributed by atoms with E-state index in [1.54, 1.807) is 11.8 Å². The Hall–Kier alpha value is -1.83. The zero-order chi connectivity index (χ0) is 19.6. The molecule has 1 atom stereocenters. The number of carbonyl (C=O) groups excluding carboxylic acids is 1. The standard InChI is InChI=1S/C20H32N2O5/c1-4-26-20(24)22-9-7-21(8-10-22)14-18(23)15-25-11-12-27-19-6-5-16(2)17(3)13-19/h5-6,13,18,23H,4,7-12,14-15H2,1-3H3/t18-/m0/s1. The largest absolute Gasteiger partial charge is 0.491 e. The fraction of sp³-hybridized carbons (Fsp3) is 0.650. The number of aliphatic hydroxyl groups excluding tert-OH is 1. The average Bonchev–Trinajstić information content (AvgIpc) is 2.65. The van der Waals surface area contributed by atoms with E-state index >= 15 is 0 Å². The van der Waals surface area contributed by atoms with Crippen LogP contribution in [0.15, 0.2) is 18.2 Å². The van der Waals surface area contributed by atoms with Crippen LogP contribution in [0, 0.1) is 13.8 Å². The van der Waals surface area contributed by atoms with E-state index in [9.17, 15) is 9.90 Å². The second-order valence-corrected chi connectivity index (χ2v) is 6.81. The normalized spacial score (nSPS) is 16.2. The van der Waals surface area contributed by atoms with Crippen LogP contribution in [0.25, 0.3) is 0 Å². The first kappa shape index (κ1) is 21.5. The van der Waals surface area contributed by atoms with Crippen molar-refractivity contribution in [2.75, 3.05) is 59.2 Å². The lowest BCUT2D eigenvalue weighted by Crippen LogP contribution is -2.51. The molecule has 1 aliphatic rings. The molecular formula is C20H32N2O5. The molecule has 1 heterocycles. The summed E-state index contributed by atoms with van der Waals surface area (Å²) in [6, 6.07) is 6.00. The van der Waals surface area contributed by atoms with Crippen molar-refractivity contribution in [3.8, 4) is 5.75 Å². The van der Waals surface area contributed by atoms with Gasteiger partial charge in [-0.15, -0.1) is 0 Å². The molecule has 1 N–H and O–H groups in total. The van der Waals surface area contributed by atoms with Crippen LogP contribution < -0.4 is 4.74 Å². The van der Waals surface area contributed by atoms with Gasteiger partial charge >= 0.3 is 6.09 Å². The third-order valence-corrected chi connectivity index (χ3v) is 4.65. The van der Waals surface area contributed by atoms with Gasteiger partial charge in [0.2, 0.25) is 0 Å². The average molecular weight is 380 g/mol. The number of aliphatic hydroxyl groups is 1. The maximum absolute atomic E-state index is 11.7. The number of nitrogens with zero attached hydrogens (tertiary/aromatic N) is 2. The third-order valence-electron chi connectivity index (χ3n) is 4.65. The Morgan fingerprint density at radius 1 is 1.15 bits per heavy atom. The number of hydrogen-bond acceptors (Lipinski definition) is 6. The summed E-state index contributed by atoms with van der Waals surface area (Å²) in [5, 5.41) is 10.1. The van der Waals surface area contributed by atoms with Crippen LogP contribution in [0.3, 0.4) is 0 Å². The summed E-state index contributed by atoms with van der Waals surface area (Å²) in [6.45, 7) is 10.7. The van der Waals surface area contributed by atoms with E-state index in [0.29, 0.717) is 39.5 Å². The zero-order valence-corrected chi connectivity index (χ0v) is 16.6. The summed E-state index contributed by atoms with van der Waals surface area (Å²) in [4.78, 5) is 15.5. The number of rotatable bonds is 9. The predicted octanol–water partition coefficient (Wildman–Crippen LogP) is 1.83. The monoisotopic (exact) mass is 380 g/mol. The highest BCUT2D eigenvalue weighted by atomic mass is 16.6. The summed E-state index contributed by atoms with van der Waals surface area (Å²) in [6.07, 6.45) is -0.814. The molecule has 7 heteroatoms. The second-order valence-electron chi connectivity index (χ2n) is 6.81. The number of hydrogen-bond donors (Lipinski definition) is 1. The van der Waals surface area contributed by atoms with E-state index in [2.05, 4.69) is 18.7 Å². The summed E-state index contributed by atoms with van der Waals surface area (Å²) in [7, 11) is 0. The Balaban J connectivity index is 1.55. The number of carbonyl (C=O) groups is 1. The molecule has 0 spiro atoms. The third kappa shape index (κ3) is 7.36. The second kappa shape index (κ2) is 11.1. The van der Waals surface area contributed by atoms with Crippen molar-refractivity contribution >= 4 is 6.09 Å². The van der Waals surface area contributed by atoms with Crippen LogP contribution in [-0.4, -0.2) is 86.3 Å². The summed E-state index contributed by atoms with van der Waals surface area (Å²) in [5.74, 6) is 0.835. The predicted molar refractivity (Wildman–Crippen MR) is 103 cm³/mol. The summed E-state index contributed by atoms with van der Waals surface area (Å²) >= 11 is 0. The van der Waals surface area contributed by atoms with E-state index in [0.717, 1.165) is 18.8 Å². The van der Waals surface area contributed by atoms with Gasteiger partial charge in [-0.3, -0.25) is 4.90 Å². The maximum atomic E-state index is 11.7. The first-order valence-electron chi connectivity index (χ1n) is 9.59. The number of aryl methyl sites for hydroxylation is 2. The number of ether oxygens (including phenoxy) is 3. The Morgan fingerprint density at radius 2 is 1.89 bits per heavy atom. The molecule has 7 nitrogen and oxygen atoms in total. The SMILES string of the molecule is CCOC(=O)N1CCN(C[C@H](O)COCCOc2ccc(C)c(C)c2)CC1. The molecule has 1 fully saturated rings. The lowest BCUT2D eigenvalue weighted by atomic mass is 10.1. The van der Waals surface area contributed by atoms with E-state index in [1.165, 1.54) is 11.1 Å². The molecule has 1 saturated heterocycles. The van der Waals surface area contributed by atoms with Crippen LogP contribution >= 0.6 is 0 Å². The lowest BCUT2D eigenvalue weighted by molar-refractivity contribution is -0.0000960. The lowest BCUT2D eigenvalue weighted by Gasteiger charge is -2.34. The smallest absolute Gasteiger partial charge is 0.409 e. The van der Waals surface area contributed by atoms with Gasteiger partial charge in [-0.05, 0) is 44.0 Å². The Labute approximate surface area is 161 Å². The minimum Gasteiger partial charge on any atom is -0.491 e. The van der Waals surface area contributed by atoms with Crippen molar-refractivity contribution in [3.63, 3.8) is 0 Å². The van der Waals surface area contributed by atoms with Crippen LogP contribution in [0.5, 0.6) is 5.75 Å².